The van der Waals surface area contributed by atoms with E-state index in [1.807, 2.05) is 6.07 Å². The molecule has 0 atom stereocenters. The molecule has 0 amide bonds. The summed E-state index contributed by atoms with van der Waals surface area (Å²) in [5, 5.41) is 7.22. The number of furan rings is 1. The van der Waals surface area contributed by atoms with Crippen molar-refractivity contribution in [3.05, 3.63) is 224 Å². The highest BCUT2D eigenvalue weighted by Crippen LogP contribution is 2.45. The van der Waals surface area contributed by atoms with Crippen molar-refractivity contribution in [3.8, 4) is 44.5 Å². The van der Waals surface area contributed by atoms with Crippen LogP contribution in [0.3, 0.4) is 0 Å². The minimum atomic E-state index is 0.890. The molecular formula is C56H37NO. The lowest BCUT2D eigenvalue weighted by atomic mass is 9.95. The lowest BCUT2D eigenvalue weighted by Gasteiger charge is -2.28. The number of benzene rings is 10. The van der Waals surface area contributed by atoms with Crippen LogP contribution in [0, 0.1) is 0 Å². The van der Waals surface area contributed by atoms with Gasteiger partial charge in [-0.1, -0.05) is 182 Å². The number of fused-ring (bicyclic) bond motifs is 5. The van der Waals surface area contributed by atoms with E-state index < -0.39 is 0 Å². The number of rotatable bonds is 7. The summed E-state index contributed by atoms with van der Waals surface area (Å²) in [5.74, 6) is 0. The Morgan fingerprint density at radius 3 is 1.59 bits per heavy atom. The summed E-state index contributed by atoms with van der Waals surface area (Å²) >= 11 is 0. The Kier molecular flexibility index (Phi) is 8.19. The van der Waals surface area contributed by atoms with Crippen LogP contribution in [0.15, 0.2) is 229 Å². The fourth-order valence-corrected chi connectivity index (χ4v) is 8.72. The molecule has 0 saturated carbocycles. The van der Waals surface area contributed by atoms with Gasteiger partial charge in [-0.3, -0.25) is 0 Å². The van der Waals surface area contributed by atoms with Gasteiger partial charge in [0, 0.05) is 33.3 Å². The molecule has 0 unspecified atom stereocenters. The van der Waals surface area contributed by atoms with Crippen LogP contribution >= 0.6 is 0 Å². The maximum atomic E-state index is 6.62. The minimum absolute atomic E-state index is 0.890. The van der Waals surface area contributed by atoms with E-state index >= 15 is 0 Å². The van der Waals surface area contributed by atoms with E-state index in [-0.39, 0.29) is 0 Å². The lowest BCUT2D eigenvalue weighted by molar-refractivity contribution is 0.670. The number of anilines is 3. The predicted octanol–water partition coefficient (Wildman–Crippen LogP) is 16.0. The van der Waals surface area contributed by atoms with Crippen molar-refractivity contribution in [3.63, 3.8) is 0 Å². The Hall–Kier alpha value is -7.68. The molecule has 0 spiro atoms. The monoisotopic (exact) mass is 739 g/mol. The van der Waals surface area contributed by atoms with Gasteiger partial charge in [0.15, 0.2) is 0 Å². The van der Waals surface area contributed by atoms with Gasteiger partial charge < -0.3 is 9.32 Å². The molecule has 0 aliphatic carbocycles. The van der Waals surface area contributed by atoms with Gasteiger partial charge in [0.1, 0.15) is 11.2 Å². The van der Waals surface area contributed by atoms with Gasteiger partial charge in [0.05, 0.1) is 5.69 Å². The molecule has 2 heteroatoms. The molecule has 2 nitrogen and oxygen atoms in total. The van der Waals surface area contributed by atoms with Crippen molar-refractivity contribution in [2.75, 3.05) is 4.90 Å². The topological polar surface area (TPSA) is 16.4 Å². The third-order valence-corrected chi connectivity index (χ3v) is 11.5. The van der Waals surface area contributed by atoms with E-state index in [0.717, 1.165) is 55.7 Å². The molecule has 58 heavy (non-hydrogen) atoms. The van der Waals surface area contributed by atoms with Crippen molar-refractivity contribution in [1.29, 1.82) is 0 Å². The van der Waals surface area contributed by atoms with Crippen LogP contribution in [0.5, 0.6) is 0 Å². The van der Waals surface area contributed by atoms with Crippen LogP contribution in [0.4, 0.5) is 17.1 Å². The van der Waals surface area contributed by atoms with Crippen LogP contribution < -0.4 is 4.90 Å². The zero-order chi connectivity index (χ0) is 38.4. The Bertz CT molecular complexity index is 3290. The second-order valence-corrected chi connectivity index (χ2v) is 14.9. The molecule has 11 rings (SSSR count). The molecule has 11 aromatic rings. The molecule has 1 aromatic heterocycles. The number of hydrogen-bond acceptors (Lipinski definition) is 2. The molecule has 1 heterocycles. The normalized spacial score (nSPS) is 11.4. The molecule has 0 aliphatic rings. The Labute approximate surface area is 337 Å². The standard InChI is InChI=1S/C56H37NO/c1-3-22-46-38(14-1)16-11-26-48(46)40-32-34-44(35-33-40)57(54-30-7-5-24-50(54)52-28-13-29-53-51-25-6-8-31-55(51)58-56(52)53)45-21-10-19-42(37-45)41-18-9-20-43(36-41)49-27-12-17-39-15-2-4-23-47(39)49/h1-37H. The molecule has 10 aromatic carbocycles. The molecule has 0 N–H and O–H groups in total. The van der Waals surface area contributed by atoms with Crippen molar-refractivity contribution in [2.45, 2.75) is 0 Å². The maximum Gasteiger partial charge on any atom is 0.143 e. The number of nitrogens with zero attached hydrogens (tertiary/aromatic N) is 1. The molecule has 0 radical (unpaired) electrons. The molecule has 0 saturated heterocycles. The highest BCUT2D eigenvalue weighted by Gasteiger charge is 2.21. The number of hydrogen-bond donors (Lipinski definition) is 0. The number of para-hydroxylation sites is 3. The fourth-order valence-electron chi connectivity index (χ4n) is 8.72. The van der Waals surface area contributed by atoms with Gasteiger partial charge in [0.2, 0.25) is 0 Å². The van der Waals surface area contributed by atoms with Crippen LogP contribution in [0.25, 0.3) is 88.0 Å². The first-order chi connectivity index (χ1) is 28.8. The van der Waals surface area contributed by atoms with Gasteiger partial charge in [-0.25, -0.2) is 0 Å². The third kappa shape index (κ3) is 5.82. The van der Waals surface area contributed by atoms with Crippen molar-refractivity contribution < 1.29 is 4.42 Å². The minimum Gasteiger partial charge on any atom is -0.455 e. The fraction of sp³-hybridized carbons (Fsp3) is 0. The molecule has 0 bridgehead atoms. The smallest absolute Gasteiger partial charge is 0.143 e. The van der Waals surface area contributed by atoms with Gasteiger partial charge in [-0.05, 0) is 97.4 Å². The quantitative estimate of drug-likeness (QED) is 0.162. The Morgan fingerprint density at radius 1 is 0.293 bits per heavy atom. The average Bonchev–Trinajstić information content (AvgIpc) is 3.69. The Morgan fingerprint density at radius 2 is 0.810 bits per heavy atom. The first-order valence-electron chi connectivity index (χ1n) is 19.8. The summed E-state index contributed by atoms with van der Waals surface area (Å²) < 4.78 is 6.62. The summed E-state index contributed by atoms with van der Waals surface area (Å²) in [7, 11) is 0. The molecular weight excluding hydrogens is 703 g/mol. The van der Waals surface area contributed by atoms with Gasteiger partial charge in [-0.15, -0.1) is 0 Å². The van der Waals surface area contributed by atoms with E-state index in [1.54, 1.807) is 0 Å². The lowest BCUT2D eigenvalue weighted by Crippen LogP contribution is -2.11. The zero-order valence-corrected chi connectivity index (χ0v) is 31.7. The van der Waals surface area contributed by atoms with Crippen LogP contribution in [-0.4, -0.2) is 0 Å². The maximum absolute atomic E-state index is 6.62. The predicted molar refractivity (Wildman–Crippen MR) is 245 cm³/mol. The summed E-state index contributed by atoms with van der Waals surface area (Å²) in [6, 6.07) is 80.7. The van der Waals surface area contributed by atoms with Gasteiger partial charge in [-0.2, -0.15) is 0 Å². The first-order valence-corrected chi connectivity index (χ1v) is 19.8. The van der Waals surface area contributed by atoms with Crippen LogP contribution in [-0.2, 0) is 0 Å². The second kappa shape index (κ2) is 14.1. The summed E-state index contributed by atoms with van der Waals surface area (Å²) in [6.45, 7) is 0. The van der Waals surface area contributed by atoms with Crippen molar-refractivity contribution in [1.82, 2.24) is 0 Å². The van der Waals surface area contributed by atoms with E-state index in [0.29, 0.717) is 0 Å². The van der Waals surface area contributed by atoms with Crippen LogP contribution in [0.2, 0.25) is 0 Å². The highest BCUT2D eigenvalue weighted by molar-refractivity contribution is 6.11. The first kappa shape index (κ1) is 33.6. The van der Waals surface area contributed by atoms with Gasteiger partial charge in [0.25, 0.3) is 0 Å². The largest absolute Gasteiger partial charge is 0.455 e. The van der Waals surface area contributed by atoms with Gasteiger partial charge >= 0.3 is 0 Å². The van der Waals surface area contributed by atoms with Crippen LogP contribution in [0.1, 0.15) is 0 Å². The Balaban J connectivity index is 1.08. The third-order valence-electron chi connectivity index (χ3n) is 11.5. The van der Waals surface area contributed by atoms with E-state index in [1.165, 1.54) is 49.4 Å². The van der Waals surface area contributed by atoms with Crippen molar-refractivity contribution >= 4 is 60.5 Å². The second-order valence-electron chi connectivity index (χ2n) is 14.9. The van der Waals surface area contributed by atoms with E-state index in [9.17, 15) is 0 Å². The molecule has 0 aliphatic heterocycles. The summed E-state index contributed by atoms with van der Waals surface area (Å²) in [5.41, 5.74) is 14.3. The SMILES string of the molecule is c1cc(-c2cccc(N(c3ccc(-c4cccc5ccccc45)cc3)c3ccccc3-c3cccc4c3oc3ccccc34)c2)cc(-c2cccc3ccccc23)c1. The zero-order valence-electron chi connectivity index (χ0n) is 31.7. The average molecular weight is 740 g/mol. The summed E-state index contributed by atoms with van der Waals surface area (Å²) in [6.07, 6.45) is 0. The van der Waals surface area contributed by atoms with E-state index in [4.69, 9.17) is 4.42 Å². The molecule has 272 valence electrons. The summed E-state index contributed by atoms with van der Waals surface area (Å²) in [4.78, 5) is 2.39. The van der Waals surface area contributed by atoms with Crippen molar-refractivity contribution in [2.24, 2.45) is 0 Å². The van der Waals surface area contributed by atoms with E-state index in [2.05, 4.69) is 223 Å². The highest BCUT2D eigenvalue weighted by atomic mass is 16.3. The molecule has 0 fully saturated rings.